The van der Waals surface area contributed by atoms with Crippen molar-refractivity contribution >= 4 is 15.7 Å². The van der Waals surface area contributed by atoms with Crippen molar-refractivity contribution in [2.24, 2.45) is 5.92 Å². The van der Waals surface area contributed by atoms with E-state index in [-0.39, 0.29) is 18.4 Å². The summed E-state index contributed by atoms with van der Waals surface area (Å²) in [5.41, 5.74) is 6.24. The minimum absolute atomic E-state index is 0.00451. The first-order valence-electron chi connectivity index (χ1n) is 7.44. The molecule has 3 N–H and O–H groups in total. The lowest BCUT2D eigenvalue weighted by Gasteiger charge is -2.20. The fraction of sp³-hybridized carbons (Fsp3) is 0.600. The molecule has 1 aliphatic rings. The van der Waals surface area contributed by atoms with Crippen LogP contribution in [0.25, 0.3) is 0 Å². The van der Waals surface area contributed by atoms with Crippen LogP contribution >= 0.6 is 0 Å². The van der Waals surface area contributed by atoms with Gasteiger partial charge in [-0.25, -0.2) is 13.1 Å². The first-order valence-corrected chi connectivity index (χ1v) is 9.10. The lowest BCUT2D eigenvalue weighted by molar-refractivity contribution is 0.339. The van der Waals surface area contributed by atoms with E-state index in [1.807, 2.05) is 6.92 Å². The number of hydrogen-bond donors (Lipinski definition) is 2. The molecule has 1 aliphatic carbocycles. The molecule has 0 bridgehead atoms. The van der Waals surface area contributed by atoms with Crippen molar-refractivity contribution in [2.75, 3.05) is 18.1 Å². The molecule has 2 rings (SSSR count). The van der Waals surface area contributed by atoms with Crippen LogP contribution in [-0.4, -0.2) is 26.8 Å². The van der Waals surface area contributed by atoms with Gasteiger partial charge in [-0.05, 0) is 37.8 Å². The number of hydrogen-bond acceptors (Lipinski definition) is 4. The number of rotatable bonds is 7. The Bertz CT molecular complexity index is 554. The summed E-state index contributed by atoms with van der Waals surface area (Å²) in [5, 5.41) is 0. The Hall–Kier alpha value is -1.27. The number of benzene rings is 1. The Kier molecular flexibility index (Phi) is 5.47. The van der Waals surface area contributed by atoms with Gasteiger partial charge in [-0.2, -0.15) is 0 Å². The molecule has 0 spiro atoms. The topological polar surface area (TPSA) is 81.4 Å². The SMILES string of the molecule is CC(NS(=O)(=O)CCOc1cccc(N)c1)C1CCCC1. The highest BCUT2D eigenvalue weighted by atomic mass is 32.2. The van der Waals surface area contributed by atoms with Crippen LogP contribution in [-0.2, 0) is 10.0 Å². The summed E-state index contributed by atoms with van der Waals surface area (Å²) < 4.78 is 32.3. The Labute approximate surface area is 126 Å². The van der Waals surface area contributed by atoms with Gasteiger partial charge in [0.05, 0.1) is 5.75 Å². The van der Waals surface area contributed by atoms with Gasteiger partial charge in [0.2, 0.25) is 10.0 Å². The van der Waals surface area contributed by atoms with Gasteiger partial charge in [0.15, 0.2) is 0 Å². The zero-order chi connectivity index (χ0) is 15.3. The van der Waals surface area contributed by atoms with Crippen LogP contribution in [0.15, 0.2) is 24.3 Å². The van der Waals surface area contributed by atoms with Gasteiger partial charge in [-0.15, -0.1) is 0 Å². The minimum atomic E-state index is -3.30. The normalized spacial score (nSPS) is 17.8. The standard InChI is InChI=1S/C15H24N2O3S/c1-12(13-5-2-3-6-13)17-21(18,19)10-9-20-15-8-4-7-14(16)11-15/h4,7-8,11-13,17H,2-3,5-6,9-10,16H2,1H3. The van der Waals surface area contributed by atoms with Crippen LogP contribution in [0.3, 0.4) is 0 Å². The summed E-state index contributed by atoms with van der Waals surface area (Å²) in [4.78, 5) is 0. The molecule has 1 saturated carbocycles. The molecule has 0 heterocycles. The van der Waals surface area contributed by atoms with Crippen molar-refractivity contribution < 1.29 is 13.2 Å². The Balaban J connectivity index is 1.78. The van der Waals surface area contributed by atoms with Crippen molar-refractivity contribution in [1.29, 1.82) is 0 Å². The molecule has 118 valence electrons. The van der Waals surface area contributed by atoms with E-state index >= 15 is 0 Å². The summed E-state index contributed by atoms with van der Waals surface area (Å²) >= 11 is 0. The van der Waals surface area contributed by atoms with Crippen LogP contribution in [0.4, 0.5) is 5.69 Å². The Morgan fingerprint density at radius 1 is 1.38 bits per heavy atom. The highest BCUT2D eigenvalue weighted by Gasteiger charge is 2.25. The molecular weight excluding hydrogens is 288 g/mol. The van der Waals surface area contributed by atoms with Gasteiger partial charge >= 0.3 is 0 Å². The molecular formula is C15H24N2O3S. The average molecular weight is 312 g/mol. The lowest BCUT2D eigenvalue weighted by Crippen LogP contribution is -2.39. The predicted octanol–water partition coefficient (Wildman–Crippen LogP) is 2.15. The number of nitrogens with one attached hydrogen (secondary N) is 1. The summed E-state index contributed by atoms with van der Waals surface area (Å²) in [6, 6.07) is 6.98. The third-order valence-corrected chi connectivity index (χ3v) is 5.39. The smallest absolute Gasteiger partial charge is 0.215 e. The molecule has 1 atom stereocenters. The monoisotopic (exact) mass is 312 g/mol. The molecule has 1 aromatic rings. The second-order valence-corrected chi connectivity index (χ2v) is 7.56. The molecule has 0 aliphatic heterocycles. The molecule has 21 heavy (non-hydrogen) atoms. The van der Waals surface area contributed by atoms with Crippen LogP contribution in [0, 0.1) is 5.92 Å². The molecule has 6 heteroatoms. The van der Waals surface area contributed by atoms with Crippen LogP contribution in [0.5, 0.6) is 5.75 Å². The first-order chi connectivity index (χ1) is 9.96. The fourth-order valence-corrected chi connectivity index (χ4v) is 3.95. The maximum atomic E-state index is 12.0. The predicted molar refractivity (Wildman–Crippen MR) is 84.7 cm³/mol. The van der Waals surface area contributed by atoms with Crippen molar-refractivity contribution in [3.63, 3.8) is 0 Å². The summed E-state index contributed by atoms with van der Waals surface area (Å²) in [5.74, 6) is 1.02. The van der Waals surface area contributed by atoms with Crippen LogP contribution in [0.2, 0.25) is 0 Å². The highest BCUT2D eigenvalue weighted by Crippen LogP contribution is 2.27. The summed E-state index contributed by atoms with van der Waals surface area (Å²) in [6.07, 6.45) is 4.64. The molecule has 0 amide bonds. The van der Waals surface area contributed by atoms with Gasteiger partial charge < -0.3 is 10.5 Å². The van der Waals surface area contributed by atoms with Crippen LogP contribution < -0.4 is 15.2 Å². The van der Waals surface area contributed by atoms with E-state index in [9.17, 15) is 8.42 Å². The third-order valence-electron chi connectivity index (χ3n) is 3.95. The van der Waals surface area contributed by atoms with Crippen molar-refractivity contribution in [3.05, 3.63) is 24.3 Å². The Morgan fingerprint density at radius 3 is 2.76 bits per heavy atom. The van der Waals surface area contributed by atoms with Crippen LogP contribution in [0.1, 0.15) is 32.6 Å². The zero-order valence-electron chi connectivity index (χ0n) is 12.4. The fourth-order valence-electron chi connectivity index (χ4n) is 2.77. The minimum Gasteiger partial charge on any atom is -0.492 e. The van der Waals surface area contributed by atoms with E-state index in [1.165, 1.54) is 12.8 Å². The second-order valence-electron chi connectivity index (χ2n) is 5.69. The second kappa shape index (κ2) is 7.13. The van der Waals surface area contributed by atoms with Crippen molar-refractivity contribution in [1.82, 2.24) is 4.72 Å². The number of nitrogen functional groups attached to an aromatic ring is 1. The van der Waals surface area contributed by atoms with Gasteiger partial charge in [-0.3, -0.25) is 0 Å². The Morgan fingerprint density at radius 2 is 2.10 bits per heavy atom. The maximum absolute atomic E-state index is 12.0. The summed E-state index contributed by atoms with van der Waals surface area (Å²) in [7, 11) is -3.30. The first kappa shape index (κ1) is 16.1. The molecule has 0 aromatic heterocycles. The maximum Gasteiger partial charge on any atom is 0.215 e. The summed E-state index contributed by atoms with van der Waals surface area (Å²) in [6.45, 7) is 2.07. The third kappa shape index (κ3) is 5.21. The zero-order valence-corrected chi connectivity index (χ0v) is 13.2. The lowest BCUT2D eigenvalue weighted by atomic mass is 10.0. The number of ether oxygens (including phenoxy) is 1. The molecule has 1 fully saturated rings. The van der Waals surface area contributed by atoms with Gasteiger partial charge in [0, 0.05) is 17.8 Å². The number of nitrogens with two attached hydrogens (primary N) is 1. The molecule has 0 saturated heterocycles. The average Bonchev–Trinajstić information content (AvgIpc) is 2.92. The molecule has 1 unspecified atom stereocenters. The van der Waals surface area contributed by atoms with Gasteiger partial charge in [0.25, 0.3) is 0 Å². The molecule has 1 aromatic carbocycles. The van der Waals surface area contributed by atoms with E-state index in [4.69, 9.17) is 10.5 Å². The van der Waals surface area contributed by atoms with Crippen molar-refractivity contribution in [2.45, 2.75) is 38.6 Å². The quantitative estimate of drug-likeness (QED) is 0.756. The van der Waals surface area contributed by atoms with Gasteiger partial charge in [-0.1, -0.05) is 18.9 Å². The van der Waals surface area contributed by atoms with E-state index in [2.05, 4.69) is 4.72 Å². The van der Waals surface area contributed by atoms with E-state index in [0.29, 0.717) is 17.4 Å². The molecule has 0 radical (unpaired) electrons. The van der Waals surface area contributed by atoms with Gasteiger partial charge in [0.1, 0.15) is 12.4 Å². The number of anilines is 1. The van der Waals surface area contributed by atoms with Crippen molar-refractivity contribution in [3.8, 4) is 5.75 Å². The number of sulfonamides is 1. The van der Waals surface area contributed by atoms with E-state index in [1.54, 1.807) is 24.3 Å². The highest BCUT2D eigenvalue weighted by molar-refractivity contribution is 7.89. The molecule has 5 nitrogen and oxygen atoms in total. The van der Waals surface area contributed by atoms with E-state index in [0.717, 1.165) is 12.8 Å². The largest absolute Gasteiger partial charge is 0.492 e. The van der Waals surface area contributed by atoms with E-state index < -0.39 is 10.0 Å².